The van der Waals surface area contributed by atoms with Crippen LogP contribution in [-0.4, -0.2) is 22.7 Å². The van der Waals surface area contributed by atoms with Crippen LogP contribution in [0.5, 0.6) is 0 Å². The molecule has 1 aromatic rings. The molecular weight excluding hydrogens is 227 g/mol. The molecule has 1 saturated heterocycles. The summed E-state index contributed by atoms with van der Waals surface area (Å²) in [7, 11) is -1.11. The maximum atomic E-state index is 12.9. The van der Waals surface area contributed by atoms with Crippen LogP contribution in [-0.2, 0) is 15.5 Å². The SMILES string of the molecule is O=S(CCC1CCCO1)c1cccc(F)c1. The third-order valence-corrected chi connectivity index (χ3v) is 4.09. The zero-order valence-corrected chi connectivity index (χ0v) is 9.84. The van der Waals surface area contributed by atoms with Gasteiger partial charge in [-0.2, -0.15) is 0 Å². The van der Waals surface area contributed by atoms with Crippen molar-refractivity contribution in [1.82, 2.24) is 0 Å². The Morgan fingerprint density at radius 1 is 1.50 bits per heavy atom. The summed E-state index contributed by atoms with van der Waals surface area (Å²) in [5.41, 5.74) is 0. The van der Waals surface area contributed by atoms with E-state index in [1.807, 2.05) is 0 Å². The van der Waals surface area contributed by atoms with Crippen molar-refractivity contribution in [3.63, 3.8) is 0 Å². The van der Waals surface area contributed by atoms with E-state index in [0.717, 1.165) is 25.9 Å². The minimum absolute atomic E-state index is 0.248. The van der Waals surface area contributed by atoms with Gasteiger partial charge in [-0.25, -0.2) is 4.39 Å². The lowest BCUT2D eigenvalue weighted by Crippen LogP contribution is -2.10. The largest absolute Gasteiger partial charge is 0.378 e. The van der Waals surface area contributed by atoms with Gasteiger partial charge >= 0.3 is 0 Å². The Bertz CT molecular complexity index is 375. The van der Waals surface area contributed by atoms with Crippen LogP contribution in [0.1, 0.15) is 19.3 Å². The third kappa shape index (κ3) is 3.12. The van der Waals surface area contributed by atoms with Gasteiger partial charge in [-0.3, -0.25) is 4.21 Å². The molecule has 1 fully saturated rings. The number of rotatable bonds is 4. The summed E-state index contributed by atoms with van der Waals surface area (Å²) in [5.74, 6) is 0.219. The van der Waals surface area contributed by atoms with Gasteiger partial charge in [0.2, 0.25) is 0 Å². The van der Waals surface area contributed by atoms with Crippen LogP contribution in [0.4, 0.5) is 4.39 Å². The van der Waals surface area contributed by atoms with Gasteiger partial charge < -0.3 is 4.74 Å². The Kier molecular flexibility index (Phi) is 4.07. The average molecular weight is 242 g/mol. The highest BCUT2D eigenvalue weighted by Crippen LogP contribution is 2.17. The summed E-state index contributed by atoms with van der Waals surface area (Å²) in [6.07, 6.45) is 3.19. The van der Waals surface area contributed by atoms with Crippen LogP contribution in [0, 0.1) is 5.82 Å². The van der Waals surface area contributed by atoms with E-state index in [-0.39, 0.29) is 11.9 Å². The molecular formula is C12H15FO2S. The molecule has 0 aromatic heterocycles. The smallest absolute Gasteiger partial charge is 0.124 e. The molecule has 1 aromatic carbocycles. The Balaban J connectivity index is 1.87. The molecule has 0 saturated carbocycles. The molecule has 1 aliphatic rings. The zero-order valence-electron chi connectivity index (χ0n) is 9.02. The van der Waals surface area contributed by atoms with Gasteiger partial charge in [0.15, 0.2) is 0 Å². The molecule has 4 heteroatoms. The molecule has 0 bridgehead atoms. The second-order valence-corrected chi connectivity index (χ2v) is 5.50. The van der Waals surface area contributed by atoms with E-state index in [0.29, 0.717) is 10.6 Å². The maximum Gasteiger partial charge on any atom is 0.124 e. The highest BCUT2D eigenvalue weighted by molar-refractivity contribution is 7.85. The molecule has 1 aliphatic heterocycles. The Hall–Kier alpha value is -0.740. The summed E-state index contributed by atoms with van der Waals surface area (Å²) in [4.78, 5) is 0.568. The average Bonchev–Trinajstić information content (AvgIpc) is 2.78. The molecule has 2 unspecified atom stereocenters. The molecule has 2 nitrogen and oxygen atoms in total. The topological polar surface area (TPSA) is 26.3 Å². The Morgan fingerprint density at radius 2 is 2.38 bits per heavy atom. The number of hydrogen-bond donors (Lipinski definition) is 0. The van der Waals surface area contributed by atoms with Gasteiger partial charge in [0, 0.05) is 17.3 Å². The van der Waals surface area contributed by atoms with E-state index in [4.69, 9.17) is 4.74 Å². The van der Waals surface area contributed by atoms with Gasteiger partial charge in [-0.05, 0) is 37.5 Å². The predicted octanol–water partition coefficient (Wildman–Crippen LogP) is 2.50. The normalized spacial score (nSPS) is 22.2. The van der Waals surface area contributed by atoms with Crippen LogP contribution >= 0.6 is 0 Å². The summed E-state index contributed by atoms with van der Waals surface area (Å²) in [6, 6.07) is 6.00. The Morgan fingerprint density at radius 3 is 3.06 bits per heavy atom. The van der Waals surface area contributed by atoms with Crippen LogP contribution in [0.15, 0.2) is 29.2 Å². The van der Waals surface area contributed by atoms with Crippen molar-refractivity contribution in [3.05, 3.63) is 30.1 Å². The van der Waals surface area contributed by atoms with Crippen molar-refractivity contribution in [2.45, 2.75) is 30.3 Å². The first-order valence-corrected chi connectivity index (χ1v) is 6.83. The fourth-order valence-electron chi connectivity index (χ4n) is 1.84. The molecule has 0 aliphatic carbocycles. The maximum absolute atomic E-state index is 12.9. The molecule has 0 radical (unpaired) electrons. The minimum atomic E-state index is -1.11. The lowest BCUT2D eigenvalue weighted by Gasteiger charge is -2.08. The van der Waals surface area contributed by atoms with E-state index < -0.39 is 10.8 Å². The van der Waals surface area contributed by atoms with E-state index >= 15 is 0 Å². The quantitative estimate of drug-likeness (QED) is 0.811. The molecule has 2 atom stereocenters. The second kappa shape index (κ2) is 5.55. The number of ether oxygens (including phenoxy) is 1. The molecule has 0 spiro atoms. The second-order valence-electron chi connectivity index (χ2n) is 3.93. The van der Waals surface area contributed by atoms with Crippen molar-refractivity contribution in [2.24, 2.45) is 0 Å². The van der Waals surface area contributed by atoms with E-state index in [9.17, 15) is 8.60 Å². The first-order chi connectivity index (χ1) is 7.75. The number of halogens is 1. The standard InChI is InChI=1S/C12H15FO2S/c13-10-3-1-5-12(9-10)16(14)8-6-11-4-2-7-15-11/h1,3,5,9,11H,2,4,6-8H2. The van der Waals surface area contributed by atoms with Crippen LogP contribution < -0.4 is 0 Å². The van der Waals surface area contributed by atoms with Gasteiger partial charge in [0.1, 0.15) is 5.82 Å². The van der Waals surface area contributed by atoms with Crippen molar-refractivity contribution in [1.29, 1.82) is 0 Å². The monoisotopic (exact) mass is 242 g/mol. The summed E-state index contributed by atoms with van der Waals surface area (Å²) in [6.45, 7) is 0.817. The van der Waals surface area contributed by atoms with Crippen LogP contribution in [0.25, 0.3) is 0 Å². The zero-order chi connectivity index (χ0) is 11.4. The third-order valence-electron chi connectivity index (χ3n) is 2.71. The lowest BCUT2D eigenvalue weighted by atomic mass is 10.2. The highest BCUT2D eigenvalue weighted by Gasteiger charge is 2.16. The first-order valence-electron chi connectivity index (χ1n) is 5.51. The van der Waals surface area contributed by atoms with Crippen LogP contribution in [0.2, 0.25) is 0 Å². The van der Waals surface area contributed by atoms with Gasteiger partial charge in [-0.15, -0.1) is 0 Å². The molecule has 0 amide bonds. The van der Waals surface area contributed by atoms with Crippen molar-refractivity contribution in [2.75, 3.05) is 12.4 Å². The predicted molar refractivity (Wildman–Crippen MR) is 61.3 cm³/mol. The minimum Gasteiger partial charge on any atom is -0.378 e. The summed E-state index contributed by atoms with van der Waals surface area (Å²) >= 11 is 0. The summed E-state index contributed by atoms with van der Waals surface area (Å²) in [5, 5.41) is 0. The van der Waals surface area contributed by atoms with Crippen molar-refractivity contribution < 1.29 is 13.3 Å². The number of hydrogen-bond acceptors (Lipinski definition) is 2. The van der Waals surface area contributed by atoms with E-state index in [1.165, 1.54) is 12.1 Å². The molecule has 0 N–H and O–H groups in total. The fraction of sp³-hybridized carbons (Fsp3) is 0.500. The fourth-order valence-corrected chi connectivity index (χ4v) is 3.02. The van der Waals surface area contributed by atoms with E-state index in [2.05, 4.69) is 0 Å². The van der Waals surface area contributed by atoms with E-state index in [1.54, 1.807) is 12.1 Å². The van der Waals surface area contributed by atoms with Crippen molar-refractivity contribution >= 4 is 10.8 Å². The first kappa shape index (κ1) is 11.7. The Labute approximate surface area is 97.3 Å². The van der Waals surface area contributed by atoms with Gasteiger partial charge in [0.25, 0.3) is 0 Å². The lowest BCUT2D eigenvalue weighted by molar-refractivity contribution is 0.109. The van der Waals surface area contributed by atoms with Crippen molar-refractivity contribution in [3.8, 4) is 0 Å². The summed E-state index contributed by atoms with van der Waals surface area (Å²) < 4.78 is 30.2. The molecule has 2 rings (SSSR count). The molecule has 16 heavy (non-hydrogen) atoms. The van der Waals surface area contributed by atoms with Crippen LogP contribution in [0.3, 0.4) is 0 Å². The highest BCUT2D eigenvalue weighted by atomic mass is 32.2. The molecule has 1 heterocycles. The number of benzene rings is 1. The molecule has 88 valence electrons. The van der Waals surface area contributed by atoms with Gasteiger partial charge in [0.05, 0.1) is 16.9 Å². The van der Waals surface area contributed by atoms with Gasteiger partial charge in [-0.1, -0.05) is 6.07 Å².